The van der Waals surface area contributed by atoms with Crippen LogP contribution in [0, 0.1) is 5.41 Å². The van der Waals surface area contributed by atoms with Crippen LogP contribution >= 0.6 is 0 Å². The molecule has 4 rings (SSSR count). The van der Waals surface area contributed by atoms with Gasteiger partial charge >= 0.3 is 6.03 Å². The van der Waals surface area contributed by atoms with Crippen molar-refractivity contribution in [3.63, 3.8) is 0 Å². The highest BCUT2D eigenvalue weighted by atomic mass is 16.2. The fraction of sp³-hybridized carbons (Fsp3) is 0.909. The van der Waals surface area contributed by atoms with Crippen LogP contribution < -0.4 is 5.32 Å². The van der Waals surface area contributed by atoms with Crippen molar-refractivity contribution >= 4 is 11.9 Å². The van der Waals surface area contributed by atoms with E-state index >= 15 is 0 Å². The summed E-state index contributed by atoms with van der Waals surface area (Å²) in [4.78, 5) is 32.0. The third-order valence-electron chi connectivity index (χ3n) is 7.43. The van der Waals surface area contributed by atoms with Crippen LogP contribution in [0.25, 0.3) is 0 Å². The maximum Gasteiger partial charge on any atom is 0.318 e. The minimum absolute atomic E-state index is 0.185. The molecular weight excluding hydrogens is 352 g/mol. The molecule has 6 nitrogen and oxygen atoms in total. The fourth-order valence-corrected chi connectivity index (χ4v) is 5.87. The molecule has 4 aliphatic rings. The Morgan fingerprint density at radius 2 is 1.50 bits per heavy atom. The monoisotopic (exact) mass is 390 g/mol. The molecule has 1 N–H and O–H groups in total. The summed E-state index contributed by atoms with van der Waals surface area (Å²) in [5.41, 5.74) is -0.279. The first-order chi connectivity index (χ1) is 13.3. The Labute approximate surface area is 170 Å². The van der Waals surface area contributed by atoms with Crippen molar-refractivity contribution in [3.8, 4) is 0 Å². The van der Waals surface area contributed by atoms with Crippen LogP contribution in [0.15, 0.2) is 0 Å². The second-order valence-electron chi connectivity index (χ2n) is 10.4. The number of hydrogen-bond donors (Lipinski definition) is 1. The molecule has 0 radical (unpaired) electrons. The third-order valence-corrected chi connectivity index (χ3v) is 7.43. The normalized spacial score (nSPS) is 31.0. The van der Waals surface area contributed by atoms with Crippen LogP contribution in [-0.4, -0.2) is 77.0 Å². The molecule has 158 valence electrons. The van der Waals surface area contributed by atoms with Crippen molar-refractivity contribution in [1.29, 1.82) is 0 Å². The summed E-state index contributed by atoms with van der Waals surface area (Å²) in [5.74, 6) is 0.284. The number of piperidine rings is 2. The molecule has 6 heteroatoms. The number of rotatable bonds is 2. The van der Waals surface area contributed by atoms with Gasteiger partial charge in [0.1, 0.15) is 0 Å². The standard InChI is InChI=1S/C22H38N4O2/c1-22(2,3)20(27)25-14-8-16(9-15-25)24-12-10-17(11-13-24)26-19-7-5-4-6-18(19)23-21(26)28/h16-19H,4-15H2,1-3H3,(H,23,28)/t18-,19-/m0/s1. The number of fused-ring (bicyclic) bond motifs is 1. The van der Waals surface area contributed by atoms with E-state index in [1.807, 2.05) is 20.8 Å². The van der Waals surface area contributed by atoms with Crippen molar-refractivity contribution in [2.24, 2.45) is 5.41 Å². The fourth-order valence-electron chi connectivity index (χ4n) is 5.87. The van der Waals surface area contributed by atoms with Crippen molar-refractivity contribution in [2.75, 3.05) is 26.2 Å². The van der Waals surface area contributed by atoms with Crippen molar-refractivity contribution in [2.45, 2.75) is 96.3 Å². The number of carbonyl (C=O) groups excluding carboxylic acids is 2. The van der Waals surface area contributed by atoms with Gasteiger partial charge < -0.3 is 20.0 Å². The molecule has 3 amide bonds. The van der Waals surface area contributed by atoms with Gasteiger partial charge in [-0.1, -0.05) is 33.6 Å². The lowest BCUT2D eigenvalue weighted by atomic mass is 9.89. The number of nitrogens with zero attached hydrogens (tertiary/aromatic N) is 3. The number of nitrogens with one attached hydrogen (secondary N) is 1. The molecule has 0 unspecified atom stereocenters. The van der Waals surface area contributed by atoms with Crippen LogP contribution in [-0.2, 0) is 4.79 Å². The quantitative estimate of drug-likeness (QED) is 0.789. The van der Waals surface area contributed by atoms with Gasteiger partial charge in [0.2, 0.25) is 5.91 Å². The Kier molecular flexibility index (Phi) is 5.60. The predicted molar refractivity (Wildman–Crippen MR) is 110 cm³/mol. The summed E-state index contributed by atoms with van der Waals surface area (Å²) in [6.07, 6.45) is 9.20. The molecule has 0 bridgehead atoms. The van der Waals surface area contributed by atoms with E-state index in [0.29, 0.717) is 24.2 Å². The molecule has 0 spiro atoms. The highest BCUT2D eigenvalue weighted by Gasteiger charge is 2.44. The van der Waals surface area contributed by atoms with E-state index in [-0.39, 0.29) is 17.4 Å². The second-order valence-corrected chi connectivity index (χ2v) is 10.4. The summed E-state index contributed by atoms with van der Waals surface area (Å²) in [7, 11) is 0. The smallest absolute Gasteiger partial charge is 0.318 e. The lowest BCUT2D eigenvalue weighted by molar-refractivity contribution is -0.141. The highest BCUT2D eigenvalue weighted by molar-refractivity contribution is 5.81. The molecule has 4 fully saturated rings. The zero-order valence-electron chi connectivity index (χ0n) is 18.0. The first kappa shape index (κ1) is 20.0. The molecule has 3 aliphatic heterocycles. The van der Waals surface area contributed by atoms with E-state index in [1.54, 1.807) is 0 Å². The molecule has 0 aromatic rings. The maximum atomic E-state index is 12.6. The zero-order chi connectivity index (χ0) is 19.9. The van der Waals surface area contributed by atoms with Gasteiger partial charge in [-0.3, -0.25) is 4.79 Å². The summed E-state index contributed by atoms with van der Waals surface area (Å²) in [6, 6.07) is 2.02. The lowest BCUT2D eigenvalue weighted by Crippen LogP contribution is -2.54. The topological polar surface area (TPSA) is 55.9 Å². The van der Waals surface area contributed by atoms with Gasteiger partial charge in [0, 0.05) is 43.7 Å². The van der Waals surface area contributed by atoms with E-state index in [0.717, 1.165) is 58.3 Å². The molecular formula is C22H38N4O2. The first-order valence-corrected chi connectivity index (χ1v) is 11.5. The van der Waals surface area contributed by atoms with Gasteiger partial charge in [0.15, 0.2) is 0 Å². The summed E-state index contributed by atoms with van der Waals surface area (Å²) >= 11 is 0. The maximum absolute atomic E-state index is 12.6. The van der Waals surface area contributed by atoms with E-state index < -0.39 is 0 Å². The Balaban J connectivity index is 1.27. The predicted octanol–water partition coefficient (Wildman–Crippen LogP) is 2.82. The molecule has 1 aliphatic carbocycles. The van der Waals surface area contributed by atoms with Crippen LogP contribution in [0.1, 0.15) is 72.1 Å². The lowest BCUT2D eigenvalue weighted by Gasteiger charge is -2.45. The minimum atomic E-state index is -0.279. The number of urea groups is 1. The van der Waals surface area contributed by atoms with Gasteiger partial charge in [0.25, 0.3) is 0 Å². The van der Waals surface area contributed by atoms with Crippen LogP contribution in [0.2, 0.25) is 0 Å². The van der Waals surface area contributed by atoms with Crippen molar-refractivity contribution in [3.05, 3.63) is 0 Å². The van der Waals surface area contributed by atoms with E-state index in [1.165, 1.54) is 19.3 Å². The molecule has 28 heavy (non-hydrogen) atoms. The third kappa shape index (κ3) is 3.89. The molecule has 2 atom stereocenters. The van der Waals surface area contributed by atoms with Gasteiger partial charge in [-0.15, -0.1) is 0 Å². The van der Waals surface area contributed by atoms with Crippen LogP contribution in [0.3, 0.4) is 0 Å². The van der Waals surface area contributed by atoms with Gasteiger partial charge in [0.05, 0.1) is 12.1 Å². The highest BCUT2D eigenvalue weighted by Crippen LogP contribution is 2.33. The molecule has 1 saturated carbocycles. The summed E-state index contributed by atoms with van der Waals surface area (Å²) < 4.78 is 0. The molecule has 3 heterocycles. The second kappa shape index (κ2) is 7.85. The zero-order valence-corrected chi connectivity index (χ0v) is 18.0. The molecule has 0 aromatic heterocycles. The SMILES string of the molecule is CC(C)(C)C(=O)N1CCC(N2CCC(N3C(=O)N[C@H]4CCCC[C@@H]43)CC2)CC1. The van der Waals surface area contributed by atoms with Gasteiger partial charge in [-0.2, -0.15) is 0 Å². The number of hydrogen-bond acceptors (Lipinski definition) is 3. The molecule has 0 aromatic carbocycles. The molecule has 3 saturated heterocycles. The van der Waals surface area contributed by atoms with E-state index in [2.05, 4.69) is 20.0 Å². The largest absolute Gasteiger partial charge is 0.342 e. The van der Waals surface area contributed by atoms with Crippen LogP contribution in [0.5, 0.6) is 0 Å². The average Bonchev–Trinajstić information content (AvgIpc) is 3.02. The Morgan fingerprint density at radius 3 is 2.14 bits per heavy atom. The Bertz CT molecular complexity index is 586. The average molecular weight is 391 g/mol. The Hall–Kier alpha value is -1.30. The first-order valence-electron chi connectivity index (χ1n) is 11.5. The van der Waals surface area contributed by atoms with Crippen molar-refractivity contribution in [1.82, 2.24) is 20.0 Å². The number of carbonyl (C=O) groups is 2. The van der Waals surface area contributed by atoms with E-state index in [4.69, 9.17) is 0 Å². The van der Waals surface area contributed by atoms with Gasteiger partial charge in [-0.25, -0.2) is 4.79 Å². The summed E-state index contributed by atoms with van der Waals surface area (Å²) in [5, 5.41) is 3.24. The van der Waals surface area contributed by atoms with Crippen molar-refractivity contribution < 1.29 is 9.59 Å². The number of likely N-dealkylation sites (tertiary alicyclic amines) is 2. The Morgan fingerprint density at radius 1 is 0.893 bits per heavy atom. The van der Waals surface area contributed by atoms with Gasteiger partial charge in [-0.05, 0) is 38.5 Å². The summed E-state index contributed by atoms with van der Waals surface area (Å²) in [6.45, 7) is 9.98. The van der Waals surface area contributed by atoms with E-state index in [9.17, 15) is 9.59 Å². The minimum Gasteiger partial charge on any atom is -0.342 e. The van der Waals surface area contributed by atoms with Crippen LogP contribution in [0.4, 0.5) is 4.79 Å². The number of amides is 3.